The highest BCUT2D eigenvalue weighted by atomic mass is 32.1. The summed E-state index contributed by atoms with van der Waals surface area (Å²) < 4.78 is 0. The van der Waals surface area contributed by atoms with Crippen LogP contribution in [0.1, 0.15) is 41.0 Å². The Labute approximate surface area is 143 Å². The fourth-order valence-electron chi connectivity index (χ4n) is 2.42. The summed E-state index contributed by atoms with van der Waals surface area (Å²) in [6.07, 6.45) is 0. The molecule has 0 saturated carbocycles. The molecule has 3 aromatic rings. The van der Waals surface area contributed by atoms with Crippen molar-refractivity contribution in [1.29, 1.82) is 0 Å². The lowest BCUT2D eigenvalue weighted by atomic mass is 10.1. The predicted octanol–water partition coefficient (Wildman–Crippen LogP) is 2.78. The van der Waals surface area contributed by atoms with E-state index < -0.39 is 5.69 Å². The molecular formula is C17H18N4O2S. The van der Waals surface area contributed by atoms with E-state index in [0.29, 0.717) is 23.4 Å². The lowest BCUT2D eigenvalue weighted by molar-refractivity contribution is 0.0779. The summed E-state index contributed by atoms with van der Waals surface area (Å²) in [4.78, 5) is 37.1. The van der Waals surface area contributed by atoms with Crippen LogP contribution < -0.4 is 5.69 Å². The van der Waals surface area contributed by atoms with Gasteiger partial charge in [0, 0.05) is 23.7 Å². The smallest absolute Gasteiger partial charge is 0.334 e. The molecule has 7 heteroatoms. The van der Waals surface area contributed by atoms with E-state index in [-0.39, 0.29) is 11.6 Å². The first kappa shape index (κ1) is 16.3. The van der Waals surface area contributed by atoms with E-state index in [1.165, 1.54) is 4.90 Å². The molecule has 0 saturated heterocycles. The Morgan fingerprint density at radius 3 is 2.75 bits per heavy atom. The molecule has 0 spiro atoms. The number of fused-ring (bicyclic) bond motifs is 1. The van der Waals surface area contributed by atoms with Crippen LogP contribution >= 0.6 is 11.3 Å². The van der Waals surface area contributed by atoms with Crippen LogP contribution in [0.25, 0.3) is 10.9 Å². The quantitative estimate of drug-likeness (QED) is 0.791. The Bertz CT molecular complexity index is 945. The standard InChI is InChI=1S/C17H18N4O2S/c1-10(2)15-18-11(9-24-15)8-21(3)16(22)14-12-6-4-5-7-13(12)19-17(23)20-14/h4-7,9-10H,8H2,1-3H3,(H,19,20,23). The maximum absolute atomic E-state index is 12.7. The number of hydrogen-bond donors (Lipinski definition) is 1. The summed E-state index contributed by atoms with van der Waals surface area (Å²) in [5.74, 6) is 0.0689. The summed E-state index contributed by atoms with van der Waals surface area (Å²) in [5, 5.41) is 3.64. The number of aromatic nitrogens is 3. The van der Waals surface area contributed by atoms with Gasteiger partial charge >= 0.3 is 5.69 Å². The second kappa shape index (κ2) is 6.52. The molecule has 1 N–H and O–H groups in total. The lowest BCUT2D eigenvalue weighted by Gasteiger charge is -2.16. The first-order valence-electron chi connectivity index (χ1n) is 7.64. The average molecular weight is 342 g/mol. The number of aromatic amines is 1. The second-order valence-electron chi connectivity index (χ2n) is 5.93. The number of rotatable bonds is 4. The third-order valence-electron chi connectivity index (χ3n) is 3.65. The highest BCUT2D eigenvalue weighted by Crippen LogP contribution is 2.20. The highest BCUT2D eigenvalue weighted by Gasteiger charge is 2.19. The molecular weight excluding hydrogens is 324 g/mol. The monoisotopic (exact) mass is 342 g/mol. The molecule has 124 valence electrons. The van der Waals surface area contributed by atoms with E-state index in [9.17, 15) is 9.59 Å². The minimum atomic E-state index is -0.527. The number of benzene rings is 1. The van der Waals surface area contributed by atoms with Gasteiger partial charge in [-0.25, -0.2) is 9.78 Å². The summed E-state index contributed by atoms with van der Waals surface area (Å²) in [5.41, 5.74) is 1.08. The van der Waals surface area contributed by atoms with Crippen molar-refractivity contribution in [3.63, 3.8) is 0 Å². The number of amides is 1. The molecule has 0 aliphatic carbocycles. The van der Waals surface area contributed by atoms with Crippen molar-refractivity contribution in [2.45, 2.75) is 26.3 Å². The van der Waals surface area contributed by atoms with E-state index >= 15 is 0 Å². The maximum Gasteiger partial charge on any atom is 0.346 e. The predicted molar refractivity (Wildman–Crippen MR) is 94.4 cm³/mol. The Morgan fingerprint density at radius 2 is 2.04 bits per heavy atom. The van der Waals surface area contributed by atoms with Crippen molar-refractivity contribution in [3.05, 3.63) is 56.5 Å². The zero-order valence-corrected chi connectivity index (χ0v) is 14.6. The number of H-pyrrole nitrogens is 1. The highest BCUT2D eigenvalue weighted by molar-refractivity contribution is 7.09. The Morgan fingerprint density at radius 1 is 1.29 bits per heavy atom. The Hall–Kier alpha value is -2.54. The van der Waals surface area contributed by atoms with Gasteiger partial charge in [-0.05, 0) is 6.07 Å². The van der Waals surface area contributed by atoms with Crippen molar-refractivity contribution in [2.75, 3.05) is 7.05 Å². The van der Waals surface area contributed by atoms with E-state index in [1.54, 1.807) is 36.6 Å². The van der Waals surface area contributed by atoms with Crippen molar-refractivity contribution in [2.24, 2.45) is 0 Å². The van der Waals surface area contributed by atoms with E-state index in [1.807, 2.05) is 11.4 Å². The molecule has 0 aliphatic heterocycles. The molecule has 0 atom stereocenters. The molecule has 3 rings (SSSR count). The van der Waals surface area contributed by atoms with Crippen LogP contribution in [0, 0.1) is 0 Å². The van der Waals surface area contributed by atoms with Crippen LogP contribution in [0.5, 0.6) is 0 Å². The van der Waals surface area contributed by atoms with Crippen LogP contribution in [-0.2, 0) is 6.54 Å². The van der Waals surface area contributed by atoms with Crippen LogP contribution in [0.15, 0.2) is 34.4 Å². The zero-order chi connectivity index (χ0) is 17.3. The van der Waals surface area contributed by atoms with Crippen molar-refractivity contribution < 1.29 is 4.79 Å². The number of carbonyl (C=O) groups excluding carboxylic acids is 1. The summed E-state index contributed by atoms with van der Waals surface area (Å²) in [6.45, 7) is 4.55. The summed E-state index contributed by atoms with van der Waals surface area (Å²) >= 11 is 1.59. The first-order valence-corrected chi connectivity index (χ1v) is 8.52. The number of nitrogens with zero attached hydrogens (tertiary/aromatic N) is 3. The number of carbonyl (C=O) groups is 1. The molecule has 0 fully saturated rings. The number of nitrogens with one attached hydrogen (secondary N) is 1. The lowest BCUT2D eigenvalue weighted by Crippen LogP contribution is -2.29. The fourth-order valence-corrected chi connectivity index (χ4v) is 3.25. The Balaban J connectivity index is 1.89. The van der Waals surface area contributed by atoms with E-state index in [2.05, 4.69) is 28.8 Å². The third-order valence-corrected chi connectivity index (χ3v) is 4.84. The normalized spacial score (nSPS) is 11.2. The van der Waals surface area contributed by atoms with Gasteiger partial charge in [0.2, 0.25) is 0 Å². The van der Waals surface area contributed by atoms with Gasteiger partial charge < -0.3 is 9.88 Å². The molecule has 0 radical (unpaired) electrons. The molecule has 2 heterocycles. The summed E-state index contributed by atoms with van der Waals surface area (Å²) in [7, 11) is 1.69. The topological polar surface area (TPSA) is 79.0 Å². The van der Waals surface area contributed by atoms with Crippen LogP contribution in [0.4, 0.5) is 0 Å². The molecule has 6 nitrogen and oxygen atoms in total. The van der Waals surface area contributed by atoms with Crippen molar-refractivity contribution in [3.8, 4) is 0 Å². The van der Waals surface area contributed by atoms with Gasteiger partial charge in [0.15, 0.2) is 0 Å². The van der Waals surface area contributed by atoms with Gasteiger partial charge in [0.25, 0.3) is 5.91 Å². The van der Waals surface area contributed by atoms with Gasteiger partial charge in [-0.15, -0.1) is 11.3 Å². The van der Waals surface area contributed by atoms with E-state index in [4.69, 9.17) is 0 Å². The third kappa shape index (κ3) is 3.21. The molecule has 0 bridgehead atoms. The molecule has 24 heavy (non-hydrogen) atoms. The van der Waals surface area contributed by atoms with Crippen molar-refractivity contribution in [1.82, 2.24) is 19.9 Å². The van der Waals surface area contributed by atoms with Gasteiger partial charge in [0.1, 0.15) is 5.69 Å². The minimum Gasteiger partial charge on any atom is -0.334 e. The maximum atomic E-state index is 12.7. The minimum absolute atomic E-state index is 0.163. The molecule has 1 aromatic carbocycles. The second-order valence-corrected chi connectivity index (χ2v) is 6.82. The van der Waals surface area contributed by atoms with Gasteiger partial charge in [0.05, 0.1) is 22.8 Å². The fraction of sp³-hybridized carbons (Fsp3) is 0.294. The molecule has 0 unspecified atom stereocenters. The SMILES string of the molecule is CC(C)c1nc(CN(C)C(=O)c2nc(=O)[nH]c3ccccc23)cs1. The average Bonchev–Trinajstić information content (AvgIpc) is 3.02. The first-order chi connectivity index (χ1) is 11.5. The molecule has 0 aliphatic rings. The van der Waals surface area contributed by atoms with Gasteiger partial charge in [-0.1, -0.05) is 32.0 Å². The zero-order valence-electron chi connectivity index (χ0n) is 13.7. The number of thiazole rings is 1. The van der Waals surface area contributed by atoms with Crippen LogP contribution in [0.3, 0.4) is 0 Å². The number of para-hydroxylation sites is 1. The summed E-state index contributed by atoms with van der Waals surface area (Å²) in [6, 6.07) is 7.15. The van der Waals surface area contributed by atoms with Crippen LogP contribution in [0.2, 0.25) is 0 Å². The molecule has 1 amide bonds. The van der Waals surface area contributed by atoms with Crippen molar-refractivity contribution >= 4 is 28.1 Å². The van der Waals surface area contributed by atoms with Gasteiger partial charge in [-0.3, -0.25) is 4.79 Å². The van der Waals surface area contributed by atoms with Crippen LogP contribution in [-0.4, -0.2) is 32.8 Å². The molecule has 2 aromatic heterocycles. The van der Waals surface area contributed by atoms with Gasteiger partial charge in [-0.2, -0.15) is 4.98 Å². The number of hydrogen-bond acceptors (Lipinski definition) is 5. The van der Waals surface area contributed by atoms with E-state index in [0.717, 1.165) is 10.7 Å². The largest absolute Gasteiger partial charge is 0.346 e. The Kier molecular flexibility index (Phi) is 4.44.